The predicted molar refractivity (Wildman–Crippen MR) is 205 cm³/mol. The van der Waals surface area contributed by atoms with Crippen molar-refractivity contribution in [1.82, 2.24) is 33.9 Å². The van der Waals surface area contributed by atoms with E-state index in [2.05, 4.69) is 19.9 Å². The quantitative estimate of drug-likeness (QED) is 0.187. The van der Waals surface area contributed by atoms with Crippen LogP contribution in [0, 0.1) is 0 Å². The van der Waals surface area contributed by atoms with Crippen molar-refractivity contribution in [2.75, 3.05) is 32.8 Å². The molecule has 0 radical (unpaired) electrons. The van der Waals surface area contributed by atoms with Gasteiger partial charge >= 0.3 is 6.09 Å². The molecule has 16 heteroatoms. The Labute approximate surface area is 321 Å². The normalized spacial score (nSPS) is 14.7. The van der Waals surface area contributed by atoms with Gasteiger partial charge in [-0.15, -0.1) is 0 Å². The minimum Gasteiger partial charge on any atom is -0.486 e. The Morgan fingerprint density at radius 3 is 2.06 bits per heavy atom. The average molecular weight is 779 g/mol. The molecule has 1 amide bonds. The van der Waals surface area contributed by atoms with Crippen LogP contribution < -0.4 is 20.6 Å². The molecule has 5 aromatic heterocycles. The lowest BCUT2D eigenvalue weighted by Crippen LogP contribution is -2.49. The van der Waals surface area contributed by atoms with Crippen LogP contribution >= 0.6 is 23.2 Å². The van der Waals surface area contributed by atoms with Gasteiger partial charge in [0.2, 0.25) is 0 Å². The molecule has 1 fully saturated rings. The second-order valence-electron chi connectivity index (χ2n) is 13.9. The van der Waals surface area contributed by atoms with E-state index in [1.54, 1.807) is 52.2 Å². The van der Waals surface area contributed by atoms with Gasteiger partial charge in [0, 0.05) is 62.8 Å². The average Bonchev–Trinajstić information content (AvgIpc) is 3.14. The van der Waals surface area contributed by atoms with E-state index in [1.807, 2.05) is 26.8 Å². The number of aromatic nitrogens is 5. The Balaban J connectivity index is 0.000000276. The smallest absolute Gasteiger partial charge is 0.410 e. The van der Waals surface area contributed by atoms with Gasteiger partial charge in [-0.05, 0) is 57.9 Å². The lowest BCUT2D eigenvalue weighted by atomic mass is 10.0. The minimum absolute atomic E-state index is 0.00520. The zero-order chi connectivity index (χ0) is 38.4. The molecule has 0 atom stereocenters. The van der Waals surface area contributed by atoms with E-state index in [4.69, 9.17) is 37.4 Å². The van der Waals surface area contributed by atoms with Crippen LogP contribution in [0.25, 0.3) is 22.1 Å². The summed E-state index contributed by atoms with van der Waals surface area (Å²) in [6.07, 6.45) is 6.60. The molecule has 0 N–H and O–H groups in total. The highest BCUT2D eigenvalue weighted by Gasteiger charge is 2.32. The molecule has 1 saturated heterocycles. The highest BCUT2D eigenvalue weighted by Crippen LogP contribution is 2.31. The monoisotopic (exact) mass is 777 g/mol. The van der Waals surface area contributed by atoms with Crippen LogP contribution in [0.3, 0.4) is 0 Å². The van der Waals surface area contributed by atoms with E-state index < -0.39 is 5.60 Å². The van der Waals surface area contributed by atoms with Crippen molar-refractivity contribution in [3.05, 3.63) is 97.5 Å². The second-order valence-corrected chi connectivity index (χ2v) is 14.8. The highest BCUT2D eigenvalue weighted by molar-refractivity contribution is 6.31. The molecular weight excluding hydrogens is 737 g/mol. The molecule has 54 heavy (non-hydrogen) atoms. The summed E-state index contributed by atoms with van der Waals surface area (Å²) in [5.41, 5.74) is 2.47. The van der Waals surface area contributed by atoms with Crippen molar-refractivity contribution in [3.63, 3.8) is 0 Å². The molecule has 2 aliphatic rings. The first-order chi connectivity index (χ1) is 25.9. The second kappa shape index (κ2) is 17.0. The number of halogens is 2. The molecule has 284 valence electrons. The van der Waals surface area contributed by atoms with E-state index in [-0.39, 0.29) is 29.8 Å². The molecule has 0 bridgehead atoms. The third-order valence-electron chi connectivity index (χ3n) is 8.95. The molecule has 2 aliphatic heterocycles. The Hall–Kier alpha value is -5.05. The van der Waals surface area contributed by atoms with Gasteiger partial charge in [0.05, 0.1) is 57.1 Å². The summed E-state index contributed by atoms with van der Waals surface area (Å²) >= 11 is 11.9. The first-order valence-corrected chi connectivity index (χ1v) is 18.3. The summed E-state index contributed by atoms with van der Waals surface area (Å²) in [6, 6.07) is 11.5. The molecule has 0 spiro atoms. The number of nitrogens with zero attached hydrogens (tertiary/aromatic N) is 7. The minimum atomic E-state index is -0.611. The van der Waals surface area contributed by atoms with Crippen LogP contribution in [0.2, 0.25) is 10.0 Å². The van der Waals surface area contributed by atoms with Crippen LogP contribution in [-0.2, 0) is 29.2 Å². The molecule has 0 saturated carbocycles. The molecule has 14 nitrogen and oxygen atoms in total. The molecular formula is C38H41Cl2N7O7. The summed E-state index contributed by atoms with van der Waals surface area (Å²) < 4.78 is 20.1. The van der Waals surface area contributed by atoms with Gasteiger partial charge in [-0.25, -0.2) is 4.79 Å². The first kappa shape index (κ1) is 38.7. The van der Waals surface area contributed by atoms with Gasteiger partial charge in [0.25, 0.3) is 11.1 Å². The summed E-state index contributed by atoms with van der Waals surface area (Å²) in [6.45, 7) is 9.72. The predicted octanol–water partition coefficient (Wildman–Crippen LogP) is 5.37. The number of amides is 1. The van der Waals surface area contributed by atoms with Crippen molar-refractivity contribution in [2.24, 2.45) is 0 Å². The van der Waals surface area contributed by atoms with E-state index in [1.165, 1.54) is 16.8 Å². The lowest BCUT2D eigenvalue weighted by molar-refractivity contribution is -0.108. The van der Waals surface area contributed by atoms with Gasteiger partial charge in [-0.3, -0.25) is 34.0 Å². The van der Waals surface area contributed by atoms with Gasteiger partial charge < -0.3 is 28.5 Å². The third kappa shape index (κ3) is 9.54. The summed E-state index contributed by atoms with van der Waals surface area (Å²) in [5, 5.41) is 0.935. The lowest BCUT2D eigenvalue weighted by Gasteiger charge is -2.39. The van der Waals surface area contributed by atoms with E-state index >= 15 is 0 Å². The van der Waals surface area contributed by atoms with E-state index in [9.17, 15) is 19.2 Å². The van der Waals surface area contributed by atoms with Crippen LogP contribution in [0.1, 0.15) is 39.3 Å². The number of hydrogen-bond donors (Lipinski definition) is 0. The number of pyridine rings is 5. The van der Waals surface area contributed by atoms with E-state index in [0.29, 0.717) is 71.7 Å². The van der Waals surface area contributed by atoms with Crippen molar-refractivity contribution in [1.29, 1.82) is 0 Å². The molecule has 0 unspecified atom stereocenters. The number of fused-ring (bicyclic) bond motifs is 3. The van der Waals surface area contributed by atoms with Crippen molar-refractivity contribution < 1.29 is 23.8 Å². The SMILES string of the molecule is CC(C)(C)OC(=O)N(Cc1cc2c(cn1)OCCO2)C1CCN(CCn2c(=O)ccc3ncc(Cl)cc32)CC1.O=CCn1c(=O)ccc2ncc(Cl)cc21. The first-order valence-electron chi connectivity index (χ1n) is 17.6. The number of rotatable bonds is 8. The maximum Gasteiger partial charge on any atom is 0.410 e. The molecule has 0 aromatic carbocycles. The fraction of sp³-hybridized carbons (Fsp3) is 0.395. The summed E-state index contributed by atoms with van der Waals surface area (Å²) in [7, 11) is 0. The van der Waals surface area contributed by atoms with Gasteiger partial charge in [0.1, 0.15) is 25.1 Å². The van der Waals surface area contributed by atoms with Crippen LogP contribution in [0.4, 0.5) is 4.79 Å². The molecule has 7 heterocycles. The van der Waals surface area contributed by atoms with Gasteiger partial charge in [0.15, 0.2) is 11.5 Å². The van der Waals surface area contributed by atoms with Crippen LogP contribution in [0.15, 0.2) is 70.6 Å². The Bertz CT molecular complexity index is 2270. The van der Waals surface area contributed by atoms with Crippen LogP contribution in [-0.4, -0.2) is 90.8 Å². The van der Waals surface area contributed by atoms with Crippen molar-refractivity contribution >= 4 is 57.6 Å². The fourth-order valence-electron chi connectivity index (χ4n) is 6.39. The van der Waals surface area contributed by atoms with E-state index in [0.717, 1.165) is 42.7 Å². The van der Waals surface area contributed by atoms with Crippen molar-refractivity contribution in [2.45, 2.75) is 64.9 Å². The van der Waals surface area contributed by atoms with Gasteiger partial charge in [-0.1, -0.05) is 23.2 Å². The zero-order valence-electron chi connectivity index (χ0n) is 30.2. The highest BCUT2D eigenvalue weighted by atomic mass is 35.5. The van der Waals surface area contributed by atoms with Crippen LogP contribution in [0.5, 0.6) is 11.5 Å². The third-order valence-corrected chi connectivity index (χ3v) is 9.36. The largest absolute Gasteiger partial charge is 0.486 e. The number of hydrogen-bond acceptors (Lipinski definition) is 11. The Morgan fingerprint density at radius 2 is 1.44 bits per heavy atom. The Morgan fingerprint density at radius 1 is 0.852 bits per heavy atom. The molecule has 7 rings (SSSR count). The summed E-state index contributed by atoms with van der Waals surface area (Å²) in [4.78, 5) is 64.8. The zero-order valence-corrected chi connectivity index (χ0v) is 31.8. The molecule has 0 aliphatic carbocycles. The fourth-order valence-corrected chi connectivity index (χ4v) is 6.69. The number of ether oxygens (including phenoxy) is 3. The van der Waals surface area contributed by atoms with Crippen molar-refractivity contribution in [3.8, 4) is 11.5 Å². The maximum absolute atomic E-state index is 13.3. The van der Waals surface area contributed by atoms with Gasteiger partial charge in [-0.2, -0.15) is 0 Å². The maximum atomic E-state index is 13.3. The number of aldehydes is 1. The topological polar surface area (TPSA) is 151 Å². The standard InChI is InChI=1S/C28H34ClN5O5.C10H7ClN2O2/c1-28(2,3)39-27(36)34(18-20-15-24-25(17-30-20)38-13-12-37-24)21-6-8-32(9-7-21)10-11-33-23-14-19(29)16-31-22(23)4-5-26(33)35;11-7-5-9-8(12-6-7)1-2-10(15)13(9)3-4-14/h4-5,14-17,21H,6-13,18H2,1-3H3;1-2,4-6H,3H2. The Kier molecular flexibility index (Phi) is 12.1. The number of carbonyl (C=O) groups is 2. The molecule has 5 aromatic rings. The number of piperidine rings is 1. The number of carbonyl (C=O) groups excluding carboxylic acids is 2. The summed E-state index contributed by atoms with van der Waals surface area (Å²) in [5.74, 6) is 1.26. The number of likely N-dealkylation sites (tertiary alicyclic amines) is 1.